The number of hydrogen-bond donors (Lipinski definition) is 1. The minimum absolute atomic E-state index is 0.0105. The van der Waals surface area contributed by atoms with Gasteiger partial charge in [0.2, 0.25) is 6.41 Å². The summed E-state index contributed by atoms with van der Waals surface area (Å²) >= 11 is 0. The number of carbonyl (C=O) groups is 2. The van der Waals surface area contributed by atoms with Gasteiger partial charge < -0.3 is 10.0 Å². The van der Waals surface area contributed by atoms with Crippen LogP contribution in [0.2, 0.25) is 0 Å². The lowest BCUT2D eigenvalue weighted by Gasteiger charge is -2.19. The molecule has 0 atom stereocenters. The van der Waals surface area contributed by atoms with Crippen molar-refractivity contribution in [1.29, 1.82) is 0 Å². The van der Waals surface area contributed by atoms with Gasteiger partial charge in [-0.1, -0.05) is 78.6 Å². The van der Waals surface area contributed by atoms with E-state index in [4.69, 9.17) is 5.11 Å². The average molecular weight is 447 g/mol. The first-order chi connectivity index (χ1) is 16.5. The monoisotopic (exact) mass is 446 g/mol. The van der Waals surface area contributed by atoms with Gasteiger partial charge in [-0.2, -0.15) is 0 Å². The molecular formula is C29H22N2O3. The molecule has 1 N–H and O–H groups in total. The Morgan fingerprint density at radius 1 is 0.941 bits per heavy atom. The van der Waals surface area contributed by atoms with Crippen LogP contribution in [0.1, 0.15) is 32.7 Å². The summed E-state index contributed by atoms with van der Waals surface area (Å²) in [5.41, 5.74) is 5.80. The van der Waals surface area contributed by atoms with E-state index in [1.165, 1.54) is 6.20 Å². The molecule has 5 heteroatoms. The zero-order valence-corrected chi connectivity index (χ0v) is 18.6. The van der Waals surface area contributed by atoms with E-state index in [-0.39, 0.29) is 5.69 Å². The number of aromatic nitrogens is 1. The molecule has 0 unspecified atom stereocenters. The van der Waals surface area contributed by atoms with Crippen molar-refractivity contribution in [2.24, 2.45) is 0 Å². The molecule has 0 aliphatic carbocycles. The molecule has 0 bridgehead atoms. The van der Waals surface area contributed by atoms with Gasteiger partial charge in [0, 0.05) is 17.3 Å². The summed E-state index contributed by atoms with van der Waals surface area (Å²) in [6.45, 7) is 2.10. The summed E-state index contributed by atoms with van der Waals surface area (Å²) in [7, 11) is 0. The summed E-state index contributed by atoms with van der Waals surface area (Å²) in [5.74, 6) is 5.06. The maximum atomic E-state index is 12.0. The van der Waals surface area contributed by atoms with Gasteiger partial charge in [-0.25, -0.2) is 9.78 Å². The van der Waals surface area contributed by atoms with E-state index in [0.29, 0.717) is 28.9 Å². The van der Waals surface area contributed by atoms with E-state index in [2.05, 4.69) is 41.1 Å². The van der Waals surface area contributed by atoms with Crippen molar-refractivity contribution in [3.63, 3.8) is 0 Å². The number of carbonyl (C=O) groups excluding carboxylic acids is 1. The molecule has 34 heavy (non-hydrogen) atoms. The standard InChI is InChI=1S/C29H22N2O3/c1-21-17-23(18-30-28(21)29(33)34)13-16-26-9-5-6-10-27(26)31(20-32)19-22-11-14-25(15-12-22)24-7-3-2-4-8-24/h2-12,14-15,17-18,20H,19H2,1H3,(H,33,34). The predicted molar refractivity (Wildman–Crippen MR) is 132 cm³/mol. The molecule has 0 aliphatic rings. The molecule has 4 aromatic rings. The molecule has 5 nitrogen and oxygen atoms in total. The predicted octanol–water partition coefficient (Wildman–Crippen LogP) is 5.32. The number of carboxylic acid groups (broad SMARTS) is 1. The van der Waals surface area contributed by atoms with Gasteiger partial charge in [0.1, 0.15) is 0 Å². The van der Waals surface area contributed by atoms with E-state index < -0.39 is 5.97 Å². The highest BCUT2D eigenvalue weighted by molar-refractivity contribution is 5.87. The second-order valence-corrected chi connectivity index (χ2v) is 7.76. The molecule has 0 radical (unpaired) electrons. The molecule has 3 aromatic carbocycles. The quantitative estimate of drug-likeness (QED) is 0.322. The Hall–Kier alpha value is -4.69. The van der Waals surface area contributed by atoms with Crippen molar-refractivity contribution >= 4 is 18.1 Å². The summed E-state index contributed by atoms with van der Waals surface area (Å²) in [5, 5.41) is 9.15. The Labute approximate surface area is 198 Å². The Balaban J connectivity index is 1.57. The number of nitrogens with zero attached hydrogens (tertiary/aromatic N) is 2. The number of aryl methyl sites for hydroxylation is 1. The Morgan fingerprint density at radius 2 is 1.62 bits per heavy atom. The third-order valence-electron chi connectivity index (χ3n) is 5.38. The van der Waals surface area contributed by atoms with E-state index in [0.717, 1.165) is 23.1 Å². The number of carboxylic acids is 1. The van der Waals surface area contributed by atoms with Gasteiger partial charge in [0.05, 0.1) is 12.2 Å². The number of pyridine rings is 1. The topological polar surface area (TPSA) is 70.5 Å². The van der Waals surface area contributed by atoms with Gasteiger partial charge in [-0.15, -0.1) is 0 Å². The maximum absolute atomic E-state index is 12.0. The van der Waals surface area contributed by atoms with Crippen LogP contribution in [0.15, 0.2) is 91.1 Å². The SMILES string of the molecule is Cc1cc(C#Cc2ccccc2N(C=O)Cc2ccc(-c3ccccc3)cc2)cnc1C(=O)O. The van der Waals surface area contributed by atoms with Gasteiger partial charge >= 0.3 is 5.97 Å². The molecule has 166 valence electrons. The lowest BCUT2D eigenvalue weighted by molar-refractivity contribution is -0.107. The van der Waals surface area contributed by atoms with Crippen LogP contribution in [0.3, 0.4) is 0 Å². The molecule has 0 aliphatic heterocycles. The number of amides is 1. The van der Waals surface area contributed by atoms with E-state index in [9.17, 15) is 9.59 Å². The van der Waals surface area contributed by atoms with Crippen molar-refractivity contribution in [1.82, 2.24) is 4.98 Å². The summed E-state index contributed by atoms with van der Waals surface area (Å²) in [4.78, 5) is 28.8. The Kier molecular flexibility index (Phi) is 6.81. The number of para-hydroxylation sites is 1. The largest absolute Gasteiger partial charge is 0.477 e. The highest BCUT2D eigenvalue weighted by atomic mass is 16.4. The van der Waals surface area contributed by atoms with Crippen molar-refractivity contribution in [3.05, 3.63) is 119 Å². The van der Waals surface area contributed by atoms with Crippen LogP contribution in [0.4, 0.5) is 5.69 Å². The second kappa shape index (κ2) is 10.3. The first kappa shape index (κ1) is 22.5. The molecule has 1 amide bonds. The summed E-state index contributed by atoms with van der Waals surface area (Å²) in [6, 6.07) is 27.4. The lowest BCUT2D eigenvalue weighted by Crippen LogP contribution is -2.21. The van der Waals surface area contributed by atoms with Crippen LogP contribution < -0.4 is 4.90 Å². The average Bonchev–Trinajstić information content (AvgIpc) is 2.87. The van der Waals surface area contributed by atoms with Gasteiger partial charge in [-0.05, 0) is 47.4 Å². The molecule has 0 fully saturated rings. The maximum Gasteiger partial charge on any atom is 0.354 e. The molecule has 0 saturated heterocycles. The molecule has 4 rings (SSSR count). The summed E-state index contributed by atoms with van der Waals surface area (Å²) < 4.78 is 0. The highest BCUT2D eigenvalue weighted by Gasteiger charge is 2.11. The Bertz CT molecular complexity index is 1380. The number of benzene rings is 3. The fraction of sp³-hybridized carbons (Fsp3) is 0.0690. The van der Waals surface area contributed by atoms with Crippen molar-refractivity contribution in [2.45, 2.75) is 13.5 Å². The van der Waals surface area contributed by atoms with E-state index >= 15 is 0 Å². The van der Waals surface area contributed by atoms with Gasteiger partial charge in [-0.3, -0.25) is 4.79 Å². The smallest absolute Gasteiger partial charge is 0.354 e. The van der Waals surface area contributed by atoms with Crippen LogP contribution in [-0.4, -0.2) is 22.5 Å². The molecule has 0 spiro atoms. The fourth-order valence-corrected chi connectivity index (χ4v) is 3.65. The third kappa shape index (κ3) is 5.20. The number of rotatable bonds is 6. The minimum Gasteiger partial charge on any atom is -0.477 e. The van der Waals surface area contributed by atoms with Gasteiger partial charge in [0.15, 0.2) is 5.69 Å². The van der Waals surface area contributed by atoms with Crippen molar-refractivity contribution in [3.8, 4) is 23.0 Å². The molecule has 0 saturated carbocycles. The number of hydrogen-bond acceptors (Lipinski definition) is 3. The number of anilines is 1. The molecule has 1 heterocycles. The second-order valence-electron chi connectivity index (χ2n) is 7.76. The number of aromatic carboxylic acids is 1. The van der Waals surface area contributed by atoms with Crippen molar-refractivity contribution in [2.75, 3.05) is 4.90 Å². The van der Waals surface area contributed by atoms with Crippen molar-refractivity contribution < 1.29 is 14.7 Å². The minimum atomic E-state index is -1.07. The highest BCUT2D eigenvalue weighted by Crippen LogP contribution is 2.23. The van der Waals surface area contributed by atoms with Crippen LogP contribution in [0, 0.1) is 18.8 Å². The van der Waals surface area contributed by atoms with E-state index in [1.807, 2.05) is 54.6 Å². The normalized spacial score (nSPS) is 10.1. The first-order valence-electron chi connectivity index (χ1n) is 10.7. The fourth-order valence-electron chi connectivity index (χ4n) is 3.65. The van der Waals surface area contributed by atoms with Crippen LogP contribution in [0.5, 0.6) is 0 Å². The first-order valence-corrected chi connectivity index (χ1v) is 10.7. The third-order valence-corrected chi connectivity index (χ3v) is 5.38. The van der Waals surface area contributed by atoms with Gasteiger partial charge in [0.25, 0.3) is 0 Å². The molecular weight excluding hydrogens is 424 g/mol. The van der Waals surface area contributed by atoms with Crippen LogP contribution in [-0.2, 0) is 11.3 Å². The van der Waals surface area contributed by atoms with E-state index in [1.54, 1.807) is 17.9 Å². The van der Waals surface area contributed by atoms with Crippen LogP contribution in [0.25, 0.3) is 11.1 Å². The Morgan fingerprint density at radius 3 is 2.29 bits per heavy atom. The summed E-state index contributed by atoms with van der Waals surface area (Å²) in [6.07, 6.45) is 2.25. The zero-order chi connectivity index (χ0) is 23.9. The van der Waals surface area contributed by atoms with Crippen LogP contribution >= 0.6 is 0 Å². The molecule has 1 aromatic heterocycles. The lowest BCUT2D eigenvalue weighted by atomic mass is 10.0. The zero-order valence-electron chi connectivity index (χ0n) is 18.6.